The number of nitrogens with one attached hydrogen (secondary N) is 2. The van der Waals surface area contributed by atoms with Gasteiger partial charge in [-0.15, -0.1) is 0 Å². The van der Waals surface area contributed by atoms with E-state index in [1.165, 1.54) is 25.3 Å². The summed E-state index contributed by atoms with van der Waals surface area (Å²) in [7, 11) is 1.35. The standard InChI is InChI=1S/C20H19FN4O3/c1-28-19(27)9-4-12-2-5-13(6-3-12)16-11-18(26)25(24-16)17-8-7-14(20(22)23)10-15(17)21/h2-3,5-8,10-11,24H,4,9H2,1H3,(H3,22,23). The highest BCUT2D eigenvalue weighted by molar-refractivity contribution is 5.95. The number of amidine groups is 1. The zero-order valence-electron chi connectivity index (χ0n) is 15.2. The van der Waals surface area contributed by atoms with Gasteiger partial charge in [0.1, 0.15) is 17.3 Å². The van der Waals surface area contributed by atoms with Crippen LogP contribution in [-0.4, -0.2) is 28.7 Å². The molecule has 1 aromatic heterocycles. The van der Waals surface area contributed by atoms with Crippen molar-refractivity contribution in [2.45, 2.75) is 12.8 Å². The smallest absolute Gasteiger partial charge is 0.305 e. The van der Waals surface area contributed by atoms with E-state index in [1.807, 2.05) is 24.3 Å². The quantitative estimate of drug-likeness (QED) is 0.345. The molecule has 1 heterocycles. The fraction of sp³-hybridized carbons (Fsp3) is 0.150. The van der Waals surface area contributed by atoms with Crippen molar-refractivity contribution < 1.29 is 13.9 Å². The zero-order chi connectivity index (χ0) is 20.3. The van der Waals surface area contributed by atoms with Crippen LogP contribution in [-0.2, 0) is 16.0 Å². The van der Waals surface area contributed by atoms with Gasteiger partial charge in [0, 0.05) is 18.1 Å². The van der Waals surface area contributed by atoms with Crippen LogP contribution in [0.5, 0.6) is 0 Å². The van der Waals surface area contributed by atoms with Gasteiger partial charge < -0.3 is 10.5 Å². The lowest BCUT2D eigenvalue weighted by atomic mass is 10.1. The van der Waals surface area contributed by atoms with Crippen molar-refractivity contribution in [3.63, 3.8) is 0 Å². The van der Waals surface area contributed by atoms with E-state index in [2.05, 4.69) is 9.84 Å². The van der Waals surface area contributed by atoms with E-state index in [0.717, 1.165) is 21.9 Å². The van der Waals surface area contributed by atoms with Gasteiger partial charge >= 0.3 is 5.97 Å². The number of carbonyl (C=O) groups excluding carboxylic acids is 1. The molecule has 2 aromatic carbocycles. The molecule has 0 aliphatic rings. The Hall–Kier alpha value is -3.68. The van der Waals surface area contributed by atoms with Gasteiger partial charge in [0.25, 0.3) is 5.56 Å². The Morgan fingerprint density at radius 1 is 1.21 bits per heavy atom. The molecule has 28 heavy (non-hydrogen) atoms. The first-order chi connectivity index (χ1) is 13.4. The molecule has 4 N–H and O–H groups in total. The van der Waals surface area contributed by atoms with Gasteiger partial charge in [-0.25, -0.2) is 9.07 Å². The molecule has 3 aromatic rings. The monoisotopic (exact) mass is 382 g/mol. The van der Waals surface area contributed by atoms with Crippen LogP contribution in [0.15, 0.2) is 53.3 Å². The van der Waals surface area contributed by atoms with Crippen molar-refractivity contribution in [1.82, 2.24) is 9.78 Å². The molecule has 0 bridgehead atoms. The maximum absolute atomic E-state index is 14.4. The van der Waals surface area contributed by atoms with Crippen molar-refractivity contribution in [2.75, 3.05) is 7.11 Å². The molecule has 0 saturated carbocycles. The zero-order valence-corrected chi connectivity index (χ0v) is 15.2. The maximum Gasteiger partial charge on any atom is 0.305 e. The van der Waals surface area contributed by atoms with E-state index >= 15 is 0 Å². The minimum absolute atomic E-state index is 0.0379. The molecule has 0 fully saturated rings. The van der Waals surface area contributed by atoms with Crippen molar-refractivity contribution in [3.8, 4) is 16.9 Å². The number of methoxy groups -OCH3 is 1. The second-order valence-corrected chi connectivity index (χ2v) is 6.20. The molecule has 0 aliphatic carbocycles. The van der Waals surface area contributed by atoms with Crippen LogP contribution in [0.4, 0.5) is 4.39 Å². The Bertz CT molecular complexity index is 1080. The lowest BCUT2D eigenvalue weighted by Crippen LogP contribution is -2.16. The Morgan fingerprint density at radius 2 is 1.93 bits per heavy atom. The van der Waals surface area contributed by atoms with E-state index in [9.17, 15) is 14.0 Å². The van der Waals surface area contributed by atoms with Gasteiger partial charge in [0.05, 0.1) is 12.8 Å². The van der Waals surface area contributed by atoms with E-state index in [1.54, 1.807) is 0 Å². The van der Waals surface area contributed by atoms with Crippen LogP contribution < -0.4 is 11.3 Å². The van der Waals surface area contributed by atoms with Gasteiger partial charge in [-0.05, 0) is 35.7 Å². The lowest BCUT2D eigenvalue weighted by Gasteiger charge is -2.06. The highest BCUT2D eigenvalue weighted by Gasteiger charge is 2.12. The number of H-pyrrole nitrogens is 1. The number of aryl methyl sites for hydroxylation is 1. The molecule has 0 spiro atoms. The predicted molar refractivity (Wildman–Crippen MR) is 103 cm³/mol. The van der Waals surface area contributed by atoms with Gasteiger partial charge in [-0.1, -0.05) is 24.3 Å². The van der Waals surface area contributed by atoms with Crippen LogP contribution in [0.1, 0.15) is 17.5 Å². The summed E-state index contributed by atoms with van der Waals surface area (Å²) >= 11 is 0. The second-order valence-electron chi connectivity index (χ2n) is 6.20. The van der Waals surface area contributed by atoms with Crippen LogP contribution in [0.3, 0.4) is 0 Å². The fourth-order valence-corrected chi connectivity index (χ4v) is 2.78. The number of carbonyl (C=O) groups is 1. The lowest BCUT2D eigenvalue weighted by molar-refractivity contribution is -0.140. The average molecular weight is 382 g/mol. The first-order valence-corrected chi connectivity index (χ1v) is 8.51. The van der Waals surface area contributed by atoms with Crippen LogP contribution in [0.2, 0.25) is 0 Å². The number of ether oxygens (including phenoxy) is 1. The summed E-state index contributed by atoms with van der Waals surface area (Å²) < 4.78 is 20.1. The normalized spacial score (nSPS) is 10.6. The van der Waals surface area contributed by atoms with E-state index in [-0.39, 0.29) is 23.1 Å². The van der Waals surface area contributed by atoms with E-state index in [0.29, 0.717) is 18.5 Å². The Kier molecular flexibility index (Phi) is 5.39. The average Bonchev–Trinajstić information content (AvgIpc) is 3.07. The summed E-state index contributed by atoms with van der Waals surface area (Å²) in [4.78, 5) is 23.5. The third-order valence-corrected chi connectivity index (χ3v) is 4.33. The summed E-state index contributed by atoms with van der Waals surface area (Å²) in [5.74, 6) is -1.19. The number of hydrogen-bond donors (Lipinski definition) is 3. The molecule has 0 aliphatic heterocycles. The third kappa shape index (κ3) is 4.01. The summed E-state index contributed by atoms with van der Waals surface area (Å²) in [6.45, 7) is 0. The largest absolute Gasteiger partial charge is 0.469 e. The van der Waals surface area contributed by atoms with Crippen molar-refractivity contribution in [3.05, 3.63) is 75.8 Å². The highest BCUT2D eigenvalue weighted by Crippen LogP contribution is 2.19. The second kappa shape index (κ2) is 7.91. The van der Waals surface area contributed by atoms with E-state index in [4.69, 9.17) is 11.1 Å². The number of benzene rings is 2. The molecular weight excluding hydrogens is 363 g/mol. The topological polar surface area (TPSA) is 114 Å². The number of halogens is 1. The molecule has 144 valence electrons. The van der Waals surface area contributed by atoms with Crippen molar-refractivity contribution in [1.29, 1.82) is 5.41 Å². The summed E-state index contributed by atoms with van der Waals surface area (Å²) in [5.41, 5.74) is 7.45. The minimum Gasteiger partial charge on any atom is -0.469 e. The van der Waals surface area contributed by atoms with Crippen molar-refractivity contribution >= 4 is 11.8 Å². The minimum atomic E-state index is -0.665. The first kappa shape index (κ1) is 19.1. The number of rotatable bonds is 6. The number of aromatic amines is 1. The maximum atomic E-state index is 14.4. The number of nitrogens with two attached hydrogens (primary N) is 1. The number of nitrogens with zero attached hydrogens (tertiary/aromatic N) is 1. The van der Waals surface area contributed by atoms with Gasteiger partial charge in [-0.3, -0.25) is 20.1 Å². The molecule has 3 rings (SSSR count). The Balaban J connectivity index is 1.85. The molecule has 0 amide bonds. The van der Waals surface area contributed by atoms with Gasteiger partial charge in [0.15, 0.2) is 0 Å². The van der Waals surface area contributed by atoms with Crippen molar-refractivity contribution in [2.24, 2.45) is 5.73 Å². The SMILES string of the molecule is COC(=O)CCc1ccc(-c2cc(=O)n(-c3ccc(C(=N)N)cc3F)[nH]2)cc1. The molecule has 0 radical (unpaired) electrons. The molecular formula is C20H19FN4O3. The molecule has 8 heteroatoms. The molecule has 0 unspecified atom stereocenters. The molecule has 7 nitrogen and oxygen atoms in total. The third-order valence-electron chi connectivity index (χ3n) is 4.33. The molecule has 0 saturated heterocycles. The number of nitrogen functional groups attached to an aromatic ring is 1. The summed E-state index contributed by atoms with van der Waals surface area (Å²) in [6.07, 6.45) is 0.844. The van der Waals surface area contributed by atoms with Gasteiger partial charge in [-0.2, -0.15) is 0 Å². The van der Waals surface area contributed by atoms with Crippen LogP contribution in [0, 0.1) is 11.2 Å². The highest BCUT2D eigenvalue weighted by atomic mass is 19.1. The summed E-state index contributed by atoms with van der Waals surface area (Å²) in [6, 6.07) is 12.7. The Labute approximate surface area is 160 Å². The fourth-order valence-electron chi connectivity index (χ4n) is 2.78. The van der Waals surface area contributed by atoms with Crippen LogP contribution >= 0.6 is 0 Å². The van der Waals surface area contributed by atoms with Crippen LogP contribution in [0.25, 0.3) is 16.9 Å². The summed E-state index contributed by atoms with van der Waals surface area (Å²) in [5, 5.41) is 10.2. The first-order valence-electron chi connectivity index (χ1n) is 8.51. The van der Waals surface area contributed by atoms with E-state index < -0.39 is 11.4 Å². The number of aromatic nitrogens is 2. The number of esters is 1. The van der Waals surface area contributed by atoms with Gasteiger partial charge in [0.2, 0.25) is 0 Å². The Morgan fingerprint density at radius 3 is 2.54 bits per heavy atom. The predicted octanol–water partition coefficient (Wildman–Crippen LogP) is 2.36. The number of hydrogen-bond acceptors (Lipinski definition) is 4. The molecule has 0 atom stereocenters.